The number of carbonyl (C=O) groups excluding carboxylic acids is 1. The normalized spacial score (nSPS) is 12.4. The highest BCUT2D eigenvalue weighted by atomic mass is 32.2. The quantitative estimate of drug-likeness (QED) is 0.687. The fourth-order valence-corrected chi connectivity index (χ4v) is 3.74. The number of anilines is 1. The molecule has 0 fully saturated rings. The SMILES string of the molecule is O=C(CSC1=Nc2cccc3cccc(c23)N1)NCCc1ccc(F)cc1. The number of hydrogen-bond acceptors (Lipinski definition) is 4. The van der Waals surface area contributed by atoms with Crippen LogP contribution in [0.1, 0.15) is 5.56 Å². The van der Waals surface area contributed by atoms with E-state index in [1.54, 1.807) is 12.1 Å². The lowest BCUT2D eigenvalue weighted by Crippen LogP contribution is -2.28. The molecule has 0 saturated carbocycles. The highest BCUT2D eigenvalue weighted by Crippen LogP contribution is 2.36. The number of nitrogens with zero attached hydrogens (tertiary/aromatic N) is 1. The van der Waals surface area contributed by atoms with E-state index in [1.165, 1.54) is 23.9 Å². The summed E-state index contributed by atoms with van der Waals surface area (Å²) in [6.45, 7) is 0.521. The number of halogens is 1. The molecule has 0 saturated heterocycles. The molecule has 6 heteroatoms. The molecular weight excluding hydrogens is 361 g/mol. The summed E-state index contributed by atoms with van der Waals surface area (Å²) in [7, 11) is 0. The molecule has 0 unspecified atom stereocenters. The van der Waals surface area contributed by atoms with Crippen molar-refractivity contribution in [3.8, 4) is 0 Å². The summed E-state index contributed by atoms with van der Waals surface area (Å²) in [4.78, 5) is 16.7. The van der Waals surface area contributed by atoms with Gasteiger partial charge in [-0.25, -0.2) is 9.38 Å². The molecule has 1 heterocycles. The van der Waals surface area contributed by atoms with Gasteiger partial charge in [-0.3, -0.25) is 4.79 Å². The number of thioether (sulfide) groups is 1. The van der Waals surface area contributed by atoms with Crippen molar-refractivity contribution < 1.29 is 9.18 Å². The van der Waals surface area contributed by atoms with Crippen LogP contribution in [0.5, 0.6) is 0 Å². The average Bonchev–Trinajstić information content (AvgIpc) is 2.68. The van der Waals surface area contributed by atoms with Gasteiger partial charge < -0.3 is 10.6 Å². The maximum atomic E-state index is 12.9. The van der Waals surface area contributed by atoms with Crippen LogP contribution >= 0.6 is 11.8 Å². The summed E-state index contributed by atoms with van der Waals surface area (Å²) in [6, 6.07) is 18.4. The van der Waals surface area contributed by atoms with Crippen LogP contribution in [-0.2, 0) is 11.2 Å². The minimum absolute atomic E-state index is 0.0521. The van der Waals surface area contributed by atoms with E-state index in [9.17, 15) is 9.18 Å². The molecule has 2 N–H and O–H groups in total. The number of aliphatic imine (C=N–C) groups is 1. The number of hydrogen-bond donors (Lipinski definition) is 2. The van der Waals surface area contributed by atoms with E-state index in [4.69, 9.17) is 0 Å². The molecule has 0 bridgehead atoms. The smallest absolute Gasteiger partial charge is 0.230 e. The number of nitrogens with one attached hydrogen (secondary N) is 2. The molecule has 4 nitrogen and oxygen atoms in total. The third-order valence-electron chi connectivity index (χ3n) is 4.34. The Bertz CT molecular complexity index is 1010. The van der Waals surface area contributed by atoms with Crippen molar-refractivity contribution in [1.82, 2.24) is 5.32 Å². The molecule has 0 atom stereocenters. The summed E-state index contributed by atoms with van der Waals surface area (Å²) >= 11 is 1.38. The van der Waals surface area contributed by atoms with E-state index in [2.05, 4.69) is 27.8 Å². The maximum absolute atomic E-state index is 12.9. The largest absolute Gasteiger partial charge is 0.355 e. The molecule has 3 aromatic carbocycles. The highest BCUT2D eigenvalue weighted by molar-refractivity contribution is 8.14. The molecule has 0 spiro atoms. The first-order chi connectivity index (χ1) is 13.2. The lowest BCUT2D eigenvalue weighted by Gasteiger charge is -2.18. The summed E-state index contributed by atoms with van der Waals surface area (Å²) in [5.41, 5.74) is 2.92. The second-order valence-electron chi connectivity index (χ2n) is 6.24. The Morgan fingerprint density at radius 1 is 1.07 bits per heavy atom. The van der Waals surface area contributed by atoms with Gasteiger partial charge in [-0.1, -0.05) is 48.2 Å². The first-order valence-electron chi connectivity index (χ1n) is 8.70. The average molecular weight is 379 g/mol. The van der Waals surface area contributed by atoms with E-state index in [-0.39, 0.29) is 17.5 Å². The van der Waals surface area contributed by atoms with Gasteiger partial charge in [-0.2, -0.15) is 0 Å². The molecule has 27 heavy (non-hydrogen) atoms. The Labute approximate surface area is 160 Å². The molecule has 0 radical (unpaired) electrons. The van der Waals surface area contributed by atoms with E-state index < -0.39 is 0 Å². The minimum atomic E-state index is -0.253. The fourth-order valence-electron chi connectivity index (χ4n) is 3.02. The van der Waals surface area contributed by atoms with E-state index in [0.29, 0.717) is 13.0 Å². The third-order valence-corrected chi connectivity index (χ3v) is 5.21. The predicted octanol–water partition coefficient (Wildman–Crippen LogP) is 4.48. The standard InChI is InChI=1S/C21H18FN3OS/c22-16-9-7-14(8-10-16)11-12-23-19(26)13-27-21-24-17-5-1-3-15-4-2-6-18(25-21)20(15)17/h1-10H,11-13H2,(H,23,26)(H,24,25). The molecule has 1 aliphatic heterocycles. The van der Waals surface area contributed by atoms with Gasteiger partial charge in [0, 0.05) is 11.9 Å². The zero-order chi connectivity index (χ0) is 18.6. The van der Waals surface area contributed by atoms with Gasteiger partial charge in [0.15, 0.2) is 5.17 Å². The van der Waals surface area contributed by atoms with Crippen LogP contribution in [0.2, 0.25) is 0 Å². The Balaban J connectivity index is 1.31. The van der Waals surface area contributed by atoms with Crippen LogP contribution in [0, 0.1) is 5.82 Å². The van der Waals surface area contributed by atoms with Crippen molar-refractivity contribution in [2.45, 2.75) is 6.42 Å². The summed E-state index contributed by atoms with van der Waals surface area (Å²) in [5, 5.41) is 9.15. The number of benzene rings is 3. The van der Waals surface area contributed by atoms with E-state index in [0.717, 1.165) is 32.9 Å². The predicted molar refractivity (Wildman–Crippen MR) is 110 cm³/mol. The van der Waals surface area contributed by atoms with E-state index >= 15 is 0 Å². The minimum Gasteiger partial charge on any atom is -0.355 e. The number of carbonyl (C=O) groups is 1. The number of amidine groups is 1. The lowest BCUT2D eigenvalue weighted by atomic mass is 10.1. The Kier molecular flexibility index (Phi) is 5.07. The van der Waals surface area contributed by atoms with Gasteiger partial charge in [-0.15, -0.1) is 0 Å². The van der Waals surface area contributed by atoms with Crippen molar-refractivity contribution in [3.05, 3.63) is 72.0 Å². The van der Waals surface area contributed by atoms with Gasteiger partial charge in [0.05, 0.1) is 17.1 Å². The van der Waals surface area contributed by atoms with Crippen LogP contribution in [0.25, 0.3) is 10.8 Å². The highest BCUT2D eigenvalue weighted by Gasteiger charge is 2.15. The van der Waals surface area contributed by atoms with Crippen LogP contribution < -0.4 is 10.6 Å². The van der Waals surface area contributed by atoms with Gasteiger partial charge in [0.25, 0.3) is 0 Å². The van der Waals surface area contributed by atoms with Crippen LogP contribution in [0.4, 0.5) is 15.8 Å². The maximum Gasteiger partial charge on any atom is 0.230 e. The summed E-state index contributed by atoms with van der Waals surface area (Å²) in [6.07, 6.45) is 0.672. The molecule has 1 aliphatic rings. The topological polar surface area (TPSA) is 53.5 Å². The molecular formula is C21H18FN3OS. The summed E-state index contributed by atoms with van der Waals surface area (Å²) in [5.74, 6) is -0.0196. The van der Waals surface area contributed by atoms with Gasteiger partial charge >= 0.3 is 0 Å². The number of amides is 1. The first kappa shape index (κ1) is 17.5. The monoisotopic (exact) mass is 379 g/mol. The second kappa shape index (κ2) is 7.80. The Hall–Kier alpha value is -2.86. The van der Waals surface area contributed by atoms with Gasteiger partial charge in [0.2, 0.25) is 5.91 Å². The van der Waals surface area contributed by atoms with Gasteiger partial charge in [-0.05, 0) is 41.6 Å². The molecule has 0 aromatic heterocycles. The lowest BCUT2D eigenvalue weighted by molar-refractivity contribution is -0.118. The van der Waals surface area contributed by atoms with Crippen LogP contribution in [0.15, 0.2) is 65.7 Å². The zero-order valence-electron chi connectivity index (χ0n) is 14.5. The van der Waals surface area contributed by atoms with Crippen molar-refractivity contribution in [2.75, 3.05) is 17.6 Å². The molecule has 4 rings (SSSR count). The van der Waals surface area contributed by atoms with Crippen LogP contribution in [-0.4, -0.2) is 23.4 Å². The van der Waals surface area contributed by atoms with Crippen molar-refractivity contribution in [3.63, 3.8) is 0 Å². The second-order valence-corrected chi connectivity index (χ2v) is 7.20. The van der Waals surface area contributed by atoms with Gasteiger partial charge in [0.1, 0.15) is 5.82 Å². The molecule has 0 aliphatic carbocycles. The Morgan fingerprint density at radius 2 is 1.85 bits per heavy atom. The van der Waals surface area contributed by atoms with Crippen molar-refractivity contribution in [1.29, 1.82) is 0 Å². The van der Waals surface area contributed by atoms with Crippen molar-refractivity contribution >= 4 is 45.0 Å². The third kappa shape index (κ3) is 4.11. The molecule has 1 amide bonds. The summed E-state index contributed by atoms with van der Waals surface area (Å²) < 4.78 is 12.9. The molecule has 136 valence electrons. The first-order valence-corrected chi connectivity index (χ1v) is 9.69. The Morgan fingerprint density at radius 3 is 2.67 bits per heavy atom. The van der Waals surface area contributed by atoms with Crippen LogP contribution in [0.3, 0.4) is 0 Å². The van der Waals surface area contributed by atoms with Crippen molar-refractivity contribution in [2.24, 2.45) is 4.99 Å². The zero-order valence-corrected chi connectivity index (χ0v) is 15.4. The molecule has 3 aromatic rings. The fraction of sp³-hybridized carbons (Fsp3) is 0.143. The number of rotatable bonds is 5. The van der Waals surface area contributed by atoms with E-state index in [1.807, 2.05) is 24.3 Å².